The van der Waals surface area contributed by atoms with E-state index in [0.717, 1.165) is 6.54 Å². The quantitative estimate of drug-likeness (QED) is 0.827. The van der Waals surface area contributed by atoms with Crippen molar-refractivity contribution in [1.82, 2.24) is 5.32 Å². The lowest BCUT2D eigenvalue weighted by atomic mass is 10.0. The summed E-state index contributed by atoms with van der Waals surface area (Å²) in [4.78, 5) is 0. The van der Waals surface area contributed by atoms with Crippen LogP contribution in [0.25, 0.3) is 0 Å². The fraction of sp³-hybridized carbons (Fsp3) is 0.667. The molecule has 0 saturated heterocycles. The minimum atomic E-state index is 0.103. The maximum atomic E-state index is 6.29. The van der Waals surface area contributed by atoms with E-state index in [9.17, 15) is 0 Å². The lowest BCUT2D eigenvalue weighted by Crippen LogP contribution is -2.40. The Morgan fingerprint density at radius 3 is 2.30 bits per heavy atom. The highest BCUT2D eigenvalue weighted by Gasteiger charge is 2.20. The van der Waals surface area contributed by atoms with Gasteiger partial charge in [-0.05, 0) is 46.1 Å². The Kier molecular flexibility index (Phi) is 6.22. The summed E-state index contributed by atoms with van der Waals surface area (Å²) >= 11 is 0. The molecule has 2 heteroatoms. The summed E-state index contributed by atoms with van der Waals surface area (Å²) in [6, 6.07) is 8.62. The van der Waals surface area contributed by atoms with Crippen LogP contribution in [-0.4, -0.2) is 18.2 Å². The summed E-state index contributed by atoms with van der Waals surface area (Å²) in [5.41, 5.74) is 2.64. The second kappa shape index (κ2) is 7.24. The number of aryl methyl sites for hydroxylation is 1. The summed E-state index contributed by atoms with van der Waals surface area (Å²) in [6.07, 6.45) is 0.355. The van der Waals surface area contributed by atoms with E-state index in [-0.39, 0.29) is 17.7 Å². The number of rotatable bonds is 6. The van der Waals surface area contributed by atoms with E-state index in [4.69, 9.17) is 4.74 Å². The van der Waals surface area contributed by atoms with Crippen LogP contribution in [0.1, 0.15) is 58.8 Å². The fourth-order valence-corrected chi connectivity index (χ4v) is 1.93. The molecule has 1 N–H and O–H groups in total. The lowest BCUT2D eigenvalue weighted by Gasteiger charge is -2.29. The molecule has 0 fully saturated rings. The molecule has 0 aliphatic carbocycles. The normalized spacial score (nSPS) is 15.4. The SMILES string of the molecule is Cc1cccc(C(CNC(C)(C)C)OC(C)C(C)C)c1. The van der Waals surface area contributed by atoms with Crippen LogP contribution >= 0.6 is 0 Å². The second-order valence-electron chi connectivity index (χ2n) is 7.12. The van der Waals surface area contributed by atoms with E-state index in [0.29, 0.717) is 5.92 Å². The molecule has 2 unspecified atom stereocenters. The third-order valence-corrected chi connectivity index (χ3v) is 3.55. The van der Waals surface area contributed by atoms with Crippen LogP contribution in [0.15, 0.2) is 24.3 Å². The largest absolute Gasteiger partial charge is 0.369 e. The molecule has 20 heavy (non-hydrogen) atoms. The van der Waals surface area contributed by atoms with Crippen molar-refractivity contribution in [2.75, 3.05) is 6.54 Å². The first-order valence-corrected chi connectivity index (χ1v) is 7.66. The molecular formula is C18H31NO. The molecule has 0 heterocycles. The summed E-state index contributed by atoms with van der Waals surface area (Å²) in [5, 5.41) is 3.56. The Morgan fingerprint density at radius 2 is 1.80 bits per heavy atom. The molecule has 1 rings (SSSR count). The summed E-state index contributed by atoms with van der Waals surface area (Å²) in [5.74, 6) is 0.525. The Bertz CT molecular complexity index is 406. The highest BCUT2D eigenvalue weighted by atomic mass is 16.5. The van der Waals surface area contributed by atoms with Crippen LogP contribution in [0.2, 0.25) is 0 Å². The fourth-order valence-electron chi connectivity index (χ4n) is 1.93. The monoisotopic (exact) mass is 277 g/mol. The minimum absolute atomic E-state index is 0.103. The molecule has 0 spiro atoms. The van der Waals surface area contributed by atoms with E-state index >= 15 is 0 Å². The van der Waals surface area contributed by atoms with Crippen molar-refractivity contribution in [3.8, 4) is 0 Å². The van der Waals surface area contributed by atoms with Crippen molar-refractivity contribution in [3.05, 3.63) is 35.4 Å². The zero-order valence-electron chi connectivity index (χ0n) is 14.2. The van der Waals surface area contributed by atoms with Gasteiger partial charge in [-0.1, -0.05) is 43.7 Å². The highest BCUT2D eigenvalue weighted by Crippen LogP contribution is 2.23. The van der Waals surface area contributed by atoms with Crippen molar-refractivity contribution in [2.45, 2.75) is 66.2 Å². The molecule has 2 atom stereocenters. The van der Waals surface area contributed by atoms with Gasteiger partial charge in [-0.2, -0.15) is 0 Å². The van der Waals surface area contributed by atoms with Crippen molar-refractivity contribution in [1.29, 1.82) is 0 Å². The molecule has 0 radical (unpaired) electrons. The van der Waals surface area contributed by atoms with Gasteiger partial charge in [-0.15, -0.1) is 0 Å². The van der Waals surface area contributed by atoms with Crippen molar-refractivity contribution in [3.63, 3.8) is 0 Å². The zero-order valence-corrected chi connectivity index (χ0v) is 14.2. The molecule has 2 nitrogen and oxygen atoms in total. The van der Waals surface area contributed by atoms with Crippen LogP contribution in [-0.2, 0) is 4.74 Å². The molecule has 0 aromatic heterocycles. The summed E-state index contributed by atoms with van der Waals surface area (Å²) in [7, 11) is 0. The maximum absolute atomic E-state index is 6.29. The van der Waals surface area contributed by atoms with Crippen LogP contribution in [0.4, 0.5) is 0 Å². The number of ether oxygens (including phenoxy) is 1. The maximum Gasteiger partial charge on any atom is 0.0953 e. The molecule has 1 aromatic carbocycles. The summed E-state index contributed by atoms with van der Waals surface area (Å²) in [6.45, 7) is 16.1. The Balaban J connectivity index is 2.83. The Hall–Kier alpha value is -0.860. The van der Waals surface area contributed by atoms with Crippen LogP contribution in [0.5, 0.6) is 0 Å². The molecule has 0 amide bonds. The van der Waals surface area contributed by atoms with Gasteiger partial charge < -0.3 is 10.1 Å². The van der Waals surface area contributed by atoms with E-state index in [1.54, 1.807) is 0 Å². The minimum Gasteiger partial charge on any atom is -0.369 e. The Labute approximate surface area is 124 Å². The summed E-state index contributed by atoms with van der Waals surface area (Å²) < 4.78 is 6.29. The van der Waals surface area contributed by atoms with Gasteiger partial charge >= 0.3 is 0 Å². The van der Waals surface area contributed by atoms with Gasteiger partial charge in [0.15, 0.2) is 0 Å². The smallest absolute Gasteiger partial charge is 0.0953 e. The number of nitrogens with one attached hydrogen (secondary N) is 1. The third kappa shape index (κ3) is 6.06. The van der Waals surface area contributed by atoms with Gasteiger partial charge in [-0.25, -0.2) is 0 Å². The first-order valence-electron chi connectivity index (χ1n) is 7.66. The van der Waals surface area contributed by atoms with Gasteiger partial charge in [0.1, 0.15) is 0 Å². The van der Waals surface area contributed by atoms with Crippen LogP contribution < -0.4 is 5.32 Å². The molecule has 0 saturated carbocycles. The molecule has 0 bridgehead atoms. The zero-order chi connectivity index (χ0) is 15.3. The standard InChI is InChI=1S/C18H31NO/c1-13(2)15(4)20-17(12-19-18(5,6)7)16-10-8-9-14(3)11-16/h8-11,13,15,17,19H,12H2,1-7H3. The first kappa shape index (κ1) is 17.2. The average molecular weight is 277 g/mol. The lowest BCUT2D eigenvalue weighted by molar-refractivity contribution is -0.0282. The Morgan fingerprint density at radius 1 is 1.15 bits per heavy atom. The van der Waals surface area contributed by atoms with Crippen LogP contribution in [0.3, 0.4) is 0 Å². The molecule has 0 aliphatic rings. The first-order chi connectivity index (χ1) is 9.19. The van der Waals surface area contributed by atoms with Gasteiger partial charge in [0, 0.05) is 12.1 Å². The molecule has 1 aromatic rings. The number of hydrogen-bond donors (Lipinski definition) is 1. The predicted octanol–water partition coefficient (Wildman–Crippen LogP) is 4.49. The van der Waals surface area contributed by atoms with E-state index in [2.05, 4.69) is 78.0 Å². The highest BCUT2D eigenvalue weighted by molar-refractivity contribution is 5.24. The molecule has 0 aliphatic heterocycles. The van der Waals surface area contributed by atoms with Gasteiger partial charge in [0.05, 0.1) is 12.2 Å². The van der Waals surface area contributed by atoms with Crippen molar-refractivity contribution < 1.29 is 4.74 Å². The second-order valence-corrected chi connectivity index (χ2v) is 7.12. The predicted molar refractivity (Wildman–Crippen MR) is 87.1 cm³/mol. The number of hydrogen-bond acceptors (Lipinski definition) is 2. The van der Waals surface area contributed by atoms with Gasteiger partial charge in [-0.3, -0.25) is 0 Å². The van der Waals surface area contributed by atoms with Gasteiger partial charge in [0.2, 0.25) is 0 Å². The van der Waals surface area contributed by atoms with E-state index in [1.165, 1.54) is 11.1 Å². The van der Waals surface area contributed by atoms with E-state index < -0.39 is 0 Å². The van der Waals surface area contributed by atoms with Crippen molar-refractivity contribution >= 4 is 0 Å². The van der Waals surface area contributed by atoms with Crippen LogP contribution in [0, 0.1) is 12.8 Å². The number of benzene rings is 1. The van der Waals surface area contributed by atoms with Crippen molar-refractivity contribution in [2.24, 2.45) is 5.92 Å². The third-order valence-electron chi connectivity index (χ3n) is 3.55. The van der Waals surface area contributed by atoms with E-state index in [1.807, 2.05) is 0 Å². The van der Waals surface area contributed by atoms with Gasteiger partial charge in [0.25, 0.3) is 0 Å². The molecular weight excluding hydrogens is 246 g/mol. The molecule has 114 valence electrons. The average Bonchev–Trinajstić information content (AvgIpc) is 2.32. The topological polar surface area (TPSA) is 21.3 Å².